The van der Waals surface area contributed by atoms with E-state index in [0.29, 0.717) is 25.9 Å². The smallest absolute Gasteiger partial charge is 0.264 e. The van der Waals surface area contributed by atoms with E-state index in [1.54, 1.807) is 18.2 Å². The van der Waals surface area contributed by atoms with Gasteiger partial charge in [-0.2, -0.15) is 0 Å². The molecule has 27 heavy (non-hydrogen) atoms. The third-order valence-corrected chi connectivity index (χ3v) is 5.47. The molecular formula is C17H12Cl3N3O2S2. The highest BCUT2D eigenvalue weighted by Crippen LogP contribution is 2.30. The van der Waals surface area contributed by atoms with Crippen molar-refractivity contribution >= 4 is 84.7 Å². The Kier molecular flexibility index (Phi) is 6.39. The standard InChI is InChI=1S/C17H12Cl3N3O2S2/c1-8-4-14-12(6-10(8)19)21-17(27-14)23-16(26)22-15(24)7-25-13-3-2-9(18)5-11(13)20/h2-6H,7H2,1H3,(H2,21,22,23,24,26). The Balaban J connectivity index is 1.56. The first-order valence-electron chi connectivity index (χ1n) is 7.57. The number of rotatable bonds is 4. The number of halogens is 3. The Labute approximate surface area is 179 Å². The van der Waals surface area contributed by atoms with E-state index in [2.05, 4.69) is 15.6 Å². The van der Waals surface area contributed by atoms with Gasteiger partial charge in [-0.05, 0) is 55.0 Å². The number of anilines is 1. The molecule has 0 aliphatic carbocycles. The zero-order valence-corrected chi connectivity index (χ0v) is 17.7. The Hall–Kier alpha value is -1.64. The number of hydrogen-bond donors (Lipinski definition) is 2. The van der Waals surface area contributed by atoms with Crippen LogP contribution in [0, 0.1) is 6.92 Å². The van der Waals surface area contributed by atoms with Crippen LogP contribution in [0.4, 0.5) is 5.13 Å². The molecule has 2 N–H and O–H groups in total. The van der Waals surface area contributed by atoms with Crippen LogP contribution in [0.2, 0.25) is 15.1 Å². The molecule has 5 nitrogen and oxygen atoms in total. The van der Waals surface area contributed by atoms with Crippen LogP contribution in [0.3, 0.4) is 0 Å². The molecule has 0 saturated carbocycles. The summed E-state index contributed by atoms with van der Waals surface area (Å²) in [5, 5.41) is 7.53. The normalized spacial score (nSPS) is 10.7. The molecule has 0 radical (unpaired) electrons. The SMILES string of the molecule is Cc1cc2sc(NC(=S)NC(=O)COc3ccc(Cl)cc3Cl)nc2cc1Cl. The number of carbonyl (C=O) groups is 1. The monoisotopic (exact) mass is 459 g/mol. The number of nitrogens with one attached hydrogen (secondary N) is 2. The van der Waals surface area contributed by atoms with Gasteiger partial charge in [0, 0.05) is 10.0 Å². The Morgan fingerprint density at radius 1 is 1.22 bits per heavy atom. The van der Waals surface area contributed by atoms with E-state index in [1.165, 1.54) is 17.4 Å². The van der Waals surface area contributed by atoms with Gasteiger partial charge in [0.25, 0.3) is 5.91 Å². The number of amides is 1. The topological polar surface area (TPSA) is 63.2 Å². The molecule has 3 rings (SSSR count). The maximum Gasteiger partial charge on any atom is 0.264 e. The van der Waals surface area contributed by atoms with Crippen molar-refractivity contribution in [2.45, 2.75) is 6.92 Å². The Bertz CT molecular complexity index is 1000. The van der Waals surface area contributed by atoms with Gasteiger partial charge in [-0.25, -0.2) is 4.98 Å². The number of ether oxygens (including phenoxy) is 1. The fourth-order valence-corrected chi connectivity index (χ4v) is 3.98. The van der Waals surface area contributed by atoms with E-state index < -0.39 is 5.91 Å². The molecule has 0 unspecified atom stereocenters. The number of nitrogens with zero attached hydrogens (tertiary/aromatic N) is 1. The maximum atomic E-state index is 12.0. The number of aromatic nitrogens is 1. The molecular weight excluding hydrogens is 449 g/mol. The summed E-state index contributed by atoms with van der Waals surface area (Å²) in [7, 11) is 0. The van der Waals surface area contributed by atoms with Crippen molar-refractivity contribution in [1.29, 1.82) is 0 Å². The van der Waals surface area contributed by atoms with Crippen molar-refractivity contribution < 1.29 is 9.53 Å². The predicted octanol–water partition coefficient (Wildman–Crippen LogP) is 5.46. The second-order valence-electron chi connectivity index (χ2n) is 5.45. The molecule has 3 aromatic rings. The number of thiazole rings is 1. The molecule has 0 fully saturated rings. The molecule has 0 saturated heterocycles. The Morgan fingerprint density at radius 2 is 2.00 bits per heavy atom. The third kappa shape index (κ3) is 5.21. The molecule has 0 atom stereocenters. The van der Waals surface area contributed by atoms with Crippen LogP contribution < -0.4 is 15.4 Å². The number of aryl methyl sites for hydroxylation is 1. The zero-order chi connectivity index (χ0) is 19.6. The van der Waals surface area contributed by atoms with E-state index in [-0.39, 0.29) is 11.7 Å². The molecule has 10 heteroatoms. The minimum Gasteiger partial charge on any atom is -0.482 e. The average Bonchev–Trinajstić information content (AvgIpc) is 2.95. The van der Waals surface area contributed by atoms with Gasteiger partial charge < -0.3 is 10.1 Å². The summed E-state index contributed by atoms with van der Waals surface area (Å²) >= 11 is 24.5. The summed E-state index contributed by atoms with van der Waals surface area (Å²) in [5.74, 6) is -0.0768. The van der Waals surface area contributed by atoms with Crippen LogP contribution in [0.15, 0.2) is 30.3 Å². The molecule has 0 aliphatic rings. The summed E-state index contributed by atoms with van der Waals surface area (Å²) in [6, 6.07) is 8.48. The van der Waals surface area contributed by atoms with Gasteiger partial charge in [-0.3, -0.25) is 10.1 Å². The fraction of sp³-hybridized carbons (Fsp3) is 0.118. The summed E-state index contributed by atoms with van der Waals surface area (Å²) in [6.07, 6.45) is 0. The molecule has 2 aromatic carbocycles. The zero-order valence-electron chi connectivity index (χ0n) is 13.8. The maximum absolute atomic E-state index is 12.0. The van der Waals surface area contributed by atoms with Crippen molar-refractivity contribution in [2.75, 3.05) is 11.9 Å². The molecule has 1 aromatic heterocycles. The highest BCUT2D eigenvalue weighted by molar-refractivity contribution is 7.80. The lowest BCUT2D eigenvalue weighted by Gasteiger charge is -2.09. The molecule has 0 spiro atoms. The van der Waals surface area contributed by atoms with Gasteiger partial charge in [0.15, 0.2) is 16.9 Å². The summed E-state index contributed by atoms with van der Waals surface area (Å²) in [6.45, 7) is 1.67. The lowest BCUT2D eigenvalue weighted by molar-refractivity contribution is -0.121. The van der Waals surface area contributed by atoms with E-state index >= 15 is 0 Å². The third-order valence-electron chi connectivity index (χ3n) is 3.39. The van der Waals surface area contributed by atoms with E-state index in [9.17, 15) is 4.79 Å². The summed E-state index contributed by atoms with van der Waals surface area (Å²) in [5.41, 5.74) is 1.72. The van der Waals surface area contributed by atoms with Gasteiger partial charge in [0.2, 0.25) is 0 Å². The number of fused-ring (bicyclic) bond motifs is 1. The number of hydrogen-bond acceptors (Lipinski definition) is 5. The fourth-order valence-electron chi connectivity index (χ4n) is 2.13. The average molecular weight is 461 g/mol. The quantitative estimate of drug-likeness (QED) is 0.506. The van der Waals surface area contributed by atoms with Crippen LogP contribution in [0.1, 0.15) is 5.56 Å². The van der Waals surface area contributed by atoms with E-state index in [4.69, 9.17) is 51.8 Å². The second kappa shape index (κ2) is 8.58. The highest BCUT2D eigenvalue weighted by atomic mass is 35.5. The first-order chi connectivity index (χ1) is 12.8. The van der Waals surface area contributed by atoms with Crippen LogP contribution in [0.5, 0.6) is 5.75 Å². The predicted molar refractivity (Wildman–Crippen MR) is 116 cm³/mol. The number of carbonyl (C=O) groups excluding carboxylic acids is 1. The van der Waals surface area contributed by atoms with Crippen LogP contribution >= 0.6 is 58.4 Å². The summed E-state index contributed by atoms with van der Waals surface area (Å²) < 4.78 is 6.33. The largest absolute Gasteiger partial charge is 0.482 e. The van der Waals surface area contributed by atoms with Crippen LogP contribution in [-0.4, -0.2) is 22.6 Å². The van der Waals surface area contributed by atoms with Crippen molar-refractivity contribution in [3.63, 3.8) is 0 Å². The van der Waals surface area contributed by atoms with Crippen molar-refractivity contribution in [3.05, 3.63) is 51.0 Å². The number of thiocarbonyl (C=S) groups is 1. The number of benzene rings is 2. The molecule has 140 valence electrons. The van der Waals surface area contributed by atoms with Gasteiger partial charge in [-0.15, -0.1) is 0 Å². The lowest BCUT2D eigenvalue weighted by Crippen LogP contribution is -2.37. The van der Waals surface area contributed by atoms with Gasteiger partial charge in [0.05, 0.1) is 15.2 Å². The van der Waals surface area contributed by atoms with Gasteiger partial charge in [0.1, 0.15) is 5.75 Å². The molecule has 0 aliphatic heterocycles. The molecule has 1 amide bonds. The minimum atomic E-state index is -0.432. The molecule has 0 bridgehead atoms. The summed E-state index contributed by atoms with van der Waals surface area (Å²) in [4.78, 5) is 16.4. The van der Waals surface area contributed by atoms with Crippen molar-refractivity contribution in [2.24, 2.45) is 0 Å². The van der Waals surface area contributed by atoms with Crippen LogP contribution in [0.25, 0.3) is 10.2 Å². The first-order valence-corrected chi connectivity index (χ1v) is 9.93. The minimum absolute atomic E-state index is 0.118. The van der Waals surface area contributed by atoms with Gasteiger partial charge >= 0.3 is 0 Å². The lowest BCUT2D eigenvalue weighted by atomic mass is 10.2. The van der Waals surface area contributed by atoms with Crippen molar-refractivity contribution in [3.8, 4) is 5.75 Å². The highest BCUT2D eigenvalue weighted by Gasteiger charge is 2.11. The van der Waals surface area contributed by atoms with E-state index in [0.717, 1.165) is 15.8 Å². The molecule has 1 heterocycles. The Morgan fingerprint density at radius 3 is 2.74 bits per heavy atom. The van der Waals surface area contributed by atoms with E-state index in [1.807, 2.05) is 13.0 Å². The van der Waals surface area contributed by atoms with Crippen LogP contribution in [-0.2, 0) is 4.79 Å². The van der Waals surface area contributed by atoms with Crippen molar-refractivity contribution in [1.82, 2.24) is 10.3 Å². The first kappa shape index (κ1) is 20.1. The second-order valence-corrected chi connectivity index (χ2v) is 8.14. The van der Waals surface area contributed by atoms with Gasteiger partial charge in [-0.1, -0.05) is 46.1 Å².